The van der Waals surface area contributed by atoms with Gasteiger partial charge in [-0.05, 0) is 25.1 Å². The number of carbonyl (C=O) groups excluding carboxylic acids is 1. The number of aryl methyl sites for hydroxylation is 1. The fourth-order valence-corrected chi connectivity index (χ4v) is 2.00. The molecule has 0 aliphatic carbocycles. The van der Waals surface area contributed by atoms with E-state index >= 15 is 0 Å². The molecule has 0 amide bonds. The van der Waals surface area contributed by atoms with Gasteiger partial charge < -0.3 is 0 Å². The predicted octanol–water partition coefficient (Wildman–Crippen LogP) is 2.14. The lowest BCUT2D eigenvalue weighted by atomic mass is 10.3. The fraction of sp³-hybridized carbons (Fsp3) is 0.200. The molecule has 72 valence electrons. The molecule has 0 saturated carbocycles. The van der Waals surface area contributed by atoms with Crippen molar-refractivity contribution in [3.05, 3.63) is 40.3 Å². The SMILES string of the molecule is Cc1ccc(C(=O)Cn2cccn2)s1. The molecular formula is C10H10N2OS. The van der Waals surface area contributed by atoms with E-state index in [2.05, 4.69) is 5.10 Å². The molecule has 0 saturated heterocycles. The first-order valence-corrected chi connectivity index (χ1v) is 5.14. The smallest absolute Gasteiger partial charge is 0.194 e. The molecule has 0 bridgehead atoms. The minimum Gasteiger partial charge on any atom is -0.291 e. The van der Waals surface area contributed by atoms with Crippen molar-refractivity contribution in [1.82, 2.24) is 9.78 Å². The van der Waals surface area contributed by atoms with Crippen molar-refractivity contribution >= 4 is 17.1 Å². The molecule has 4 heteroatoms. The Bertz CT molecular complexity index is 431. The Hall–Kier alpha value is -1.42. The lowest BCUT2D eigenvalue weighted by Gasteiger charge is -1.97. The van der Waals surface area contributed by atoms with E-state index in [4.69, 9.17) is 0 Å². The lowest BCUT2D eigenvalue weighted by molar-refractivity contribution is 0.0971. The van der Waals surface area contributed by atoms with Crippen molar-refractivity contribution in [2.24, 2.45) is 0 Å². The number of hydrogen-bond donors (Lipinski definition) is 0. The van der Waals surface area contributed by atoms with Gasteiger partial charge in [-0.15, -0.1) is 11.3 Å². The van der Waals surface area contributed by atoms with Crippen molar-refractivity contribution in [1.29, 1.82) is 0 Å². The van der Waals surface area contributed by atoms with Crippen LogP contribution in [0.25, 0.3) is 0 Å². The summed E-state index contributed by atoms with van der Waals surface area (Å²) in [5.41, 5.74) is 0. The summed E-state index contributed by atoms with van der Waals surface area (Å²) in [5, 5.41) is 3.99. The van der Waals surface area contributed by atoms with Crippen LogP contribution in [-0.2, 0) is 6.54 Å². The number of thiophene rings is 1. The molecule has 0 atom stereocenters. The third-order valence-corrected chi connectivity index (χ3v) is 2.92. The van der Waals surface area contributed by atoms with Gasteiger partial charge in [0.2, 0.25) is 0 Å². The first-order chi connectivity index (χ1) is 6.75. The van der Waals surface area contributed by atoms with Gasteiger partial charge in [0.05, 0.1) is 4.88 Å². The first-order valence-electron chi connectivity index (χ1n) is 4.33. The Morgan fingerprint density at radius 3 is 3.00 bits per heavy atom. The van der Waals surface area contributed by atoms with Crippen LogP contribution in [0.4, 0.5) is 0 Å². The van der Waals surface area contributed by atoms with Gasteiger partial charge in [-0.2, -0.15) is 5.10 Å². The van der Waals surface area contributed by atoms with Gasteiger partial charge in [0, 0.05) is 17.3 Å². The number of nitrogens with zero attached hydrogens (tertiary/aromatic N) is 2. The zero-order chi connectivity index (χ0) is 9.97. The Morgan fingerprint density at radius 1 is 1.57 bits per heavy atom. The molecule has 0 aliphatic rings. The molecule has 0 spiro atoms. The van der Waals surface area contributed by atoms with Crippen LogP contribution in [0.1, 0.15) is 14.5 Å². The highest BCUT2D eigenvalue weighted by Crippen LogP contribution is 2.15. The molecule has 14 heavy (non-hydrogen) atoms. The van der Waals surface area contributed by atoms with Crippen LogP contribution in [0.3, 0.4) is 0 Å². The van der Waals surface area contributed by atoms with Crippen LogP contribution in [-0.4, -0.2) is 15.6 Å². The summed E-state index contributed by atoms with van der Waals surface area (Å²) in [7, 11) is 0. The molecule has 2 rings (SSSR count). The highest BCUT2D eigenvalue weighted by molar-refractivity contribution is 7.14. The van der Waals surface area contributed by atoms with Crippen molar-refractivity contribution in [3.63, 3.8) is 0 Å². The van der Waals surface area contributed by atoms with E-state index in [-0.39, 0.29) is 5.78 Å². The van der Waals surface area contributed by atoms with E-state index in [0.29, 0.717) is 6.54 Å². The molecule has 2 heterocycles. The summed E-state index contributed by atoms with van der Waals surface area (Å²) in [6.45, 7) is 2.32. The summed E-state index contributed by atoms with van der Waals surface area (Å²) in [6.07, 6.45) is 3.46. The van der Waals surface area contributed by atoms with E-state index in [1.807, 2.05) is 25.1 Å². The maximum absolute atomic E-state index is 11.7. The zero-order valence-corrected chi connectivity index (χ0v) is 8.62. The van der Waals surface area contributed by atoms with Crippen LogP contribution in [0.15, 0.2) is 30.6 Å². The summed E-state index contributed by atoms with van der Waals surface area (Å²) < 4.78 is 1.64. The summed E-state index contributed by atoms with van der Waals surface area (Å²) >= 11 is 1.53. The Balaban J connectivity index is 2.10. The Kier molecular flexibility index (Phi) is 2.45. The molecule has 2 aromatic rings. The molecule has 0 N–H and O–H groups in total. The maximum atomic E-state index is 11.7. The number of aromatic nitrogens is 2. The molecular weight excluding hydrogens is 196 g/mol. The monoisotopic (exact) mass is 206 g/mol. The minimum atomic E-state index is 0.117. The largest absolute Gasteiger partial charge is 0.291 e. The van der Waals surface area contributed by atoms with Crippen LogP contribution in [0, 0.1) is 6.92 Å². The quantitative estimate of drug-likeness (QED) is 0.721. The zero-order valence-electron chi connectivity index (χ0n) is 7.80. The highest BCUT2D eigenvalue weighted by Gasteiger charge is 2.08. The van der Waals surface area contributed by atoms with E-state index in [9.17, 15) is 4.79 Å². The van der Waals surface area contributed by atoms with E-state index < -0.39 is 0 Å². The summed E-state index contributed by atoms with van der Waals surface area (Å²) in [5.74, 6) is 0.117. The van der Waals surface area contributed by atoms with Crippen LogP contribution in [0.5, 0.6) is 0 Å². The number of hydrogen-bond acceptors (Lipinski definition) is 3. The van der Waals surface area contributed by atoms with Gasteiger partial charge >= 0.3 is 0 Å². The second-order valence-electron chi connectivity index (χ2n) is 3.04. The molecule has 3 nitrogen and oxygen atoms in total. The Morgan fingerprint density at radius 2 is 2.43 bits per heavy atom. The molecule has 2 aromatic heterocycles. The summed E-state index contributed by atoms with van der Waals surface area (Å²) in [6, 6.07) is 5.64. The third kappa shape index (κ3) is 1.90. The van der Waals surface area contributed by atoms with Gasteiger partial charge in [0.15, 0.2) is 5.78 Å². The normalized spacial score (nSPS) is 10.4. The van der Waals surface area contributed by atoms with E-state index in [0.717, 1.165) is 9.75 Å². The van der Waals surface area contributed by atoms with Gasteiger partial charge in [-0.3, -0.25) is 9.48 Å². The molecule has 0 radical (unpaired) electrons. The summed E-state index contributed by atoms with van der Waals surface area (Å²) in [4.78, 5) is 13.6. The fourth-order valence-electron chi connectivity index (χ4n) is 1.20. The standard InChI is InChI=1S/C10H10N2OS/c1-8-3-4-10(14-8)9(13)7-12-6-2-5-11-12/h2-6H,7H2,1H3. The highest BCUT2D eigenvalue weighted by atomic mass is 32.1. The Labute approximate surface area is 86.0 Å². The number of carbonyl (C=O) groups is 1. The van der Waals surface area contributed by atoms with Crippen LogP contribution >= 0.6 is 11.3 Å². The first kappa shape index (κ1) is 9.15. The van der Waals surface area contributed by atoms with Crippen molar-refractivity contribution in [3.8, 4) is 0 Å². The van der Waals surface area contributed by atoms with Gasteiger partial charge in [-0.25, -0.2) is 0 Å². The van der Waals surface area contributed by atoms with Gasteiger partial charge in [-0.1, -0.05) is 0 Å². The maximum Gasteiger partial charge on any atom is 0.194 e. The molecule has 0 fully saturated rings. The topological polar surface area (TPSA) is 34.9 Å². The molecule has 0 unspecified atom stereocenters. The van der Waals surface area contributed by atoms with Crippen molar-refractivity contribution in [2.75, 3.05) is 0 Å². The second kappa shape index (κ2) is 3.75. The van der Waals surface area contributed by atoms with E-state index in [1.54, 1.807) is 17.1 Å². The van der Waals surface area contributed by atoms with Crippen molar-refractivity contribution in [2.45, 2.75) is 13.5 Å². The van der Waals surface area contributed by atoms with Crippen molar-refractivity contribution < 1.29 is 4.79 Å². The molecule has 0 aliphatic heterocycles. The second-order valence-corrected chi connectivity index (χ2v) is 4.33. The average Bonchev–Trinajstić information content (AvgIpc) is 2.75. The van der Waals surface area contributed by atoms with Crippen LogP contribution in [0.2, 0.25) is 0 Å². The average molecular weight is 206 g/mol. The van der Waals surface area contributed by atoms with Gasteiger partial charge in [0.25, 0.3) is 0 Å². The third-order valence-electron chi connectivity index (χ3n) is 1.88. The number of ketones is 1. The minimum absolute atomic E-state index is 0.117. The van der Waals surface area contributed by atoms with E-state index in [1.165, 1.54) is 11.3 Å². The molecule has 0 aromatic carbocycles. The number of Topliss-reactive ketones (excluding diaryl/α,β-unsaturated/α-hetero) is 1. The lowest BCUT2D eigenvalue weighted by Crippen LogP contribution is -2.09. The predicted molar refractivity (Wildman–Crippen MR) is 55.6 cm³/mol. The van der Waals surface area contributed by atoms with Crippen LogP contribution < -0.4 is 0 Å². The number of rotatable bonds is 3. The van der Waals surface area contributed by atoms with Gasteiger partial charge in [0.1, 0.15) is 6.54 Å².